The van der Waals surface area contributed by atoms with E-state index in [2.05, 4.69) is 87.2 Å². The van der Waals surface area contributed by atoms with Crippen LogP contribution in [0.3, 0.4) is 0 Å². The van der Waals surface area contributed by atoms with Gasteiger partial charge in [0.2, 0.25) is 11.8 Å². The molecule has 3 unspecified atom stereocenters. The van der Waals surface area contributed by atoms with E-state index in [0.717, 1.165) is 94.9 Å². The van der Waals surface area contributed by atoms with E-state index >= 15 is 0 Å². The van der Waals surface area contributed by atoms with E-state index in [1.165, 1.54) is 33.5 Å². The fraction of sp³-hybridized carbons (Fsp3) is 0.438. The number of hydrogen-bond acceptors (Lipinski definition) is 8. The number of anilines is 1. The number of piperidine rings is 2. The van der Waals surface area contributed by atoms with E-state index in [1.807, 2.05) is 18.2 Å². The molecule has 3 amide bonds. The Hall–Kier alpha value is -5.19. The van der Waals surface area contributed by atoms with Crippen molar-refractivity contribution in [3.05, 3.63) is 124 Å². The van der Waals surface area contributed by atoms with E-state index in [9.17, 15) is 19.5 Å². The Bertz CT molecular complexity index is 2210. The first kappa shape index (κ1) is 37.1. The predicted molar refractivity (Wildman–Crippen MR) is 220 cm³/mol. The maximum Gasteiger partial charge on any atom is 0.252 e. The van der Waals surface area contributed by atoms with Crippen LogP contribution in [0.15, 0.2) is 84.9 Å². The van der Waals surface area contributed by atoms with Crippen molar-refractivity contribution in [2.24, 2.45) is 5.92 Å². The molecule has 7 aliphatic rings. The second-order valence-corrected chi connectivity index (χ2v) is 17.8. The molecule has 4 saturated heterocycles. The molecule has 2 spiro atoms. The average Bonchev–Trinajstić information content (AvgIpc) is 3.94. The highest BCUT2D eigenvalue weighted by Crippen LogP contribution is 2.50. The minimum atomic E-state index is -0.138. The van der Waals surface area contributed by atoms with Gasteiger partial charge < -0.3 is 29.7 Å². The number of phenolic OH excluding ortho intramolecular Hbond substituents is 1. The SMILES string of the molecule is O=C1CCCC(=O)N1.O=C1NCc2c1ccc1c2OCC12CCN(CC1COC3(C1)CN(c1ccc(C4c5ccc(O)cc5CCC4c4ccccc4)cc1)C3)CC2. The maximum atomic E-state index is 12.2. The number of amides is 3. The molecule has 10 nitrogen and oxygen atoms in total. The highest BCUT2D eigenvalue weighted by Gasteiger charge is 2.51. The molecule has 0 bridgehead atoms. The summed E-state index contributed by atoms with van der Waals surface area (Å²) in [5.41, 5.74) is 9.83. The number of ether oxygens (including phenoxy) is 2. The molecule has 10 heteroatoms. The van der Waals surface area contributed by atoms with Crippen LogP contribution in [0.4, 0.5) is 5.69 Å². The number of phenols is 1. The lowest BCUT2D eigenvalue weighted by molar-refractivity contribution is -0.132. The second kappa shape index (κ2) is 14.9. The number of carbonyl (C=O) groups is 3. The average molecular weight is 781 g/mol. The highest BCUT2D eigenvalue weighted by atomic mass is 16.5. The zero-order valence-electron chi connectivity index (χ0n) is 33.0. The van der Waals surface area contributed by atoms with Crippen molar-refractivity contribution >= 4 is 23.4 Å². The molecule has 6 heterocycles. The second-order valence-electron chi connectivity index (χ2n) is 17.8. The number of nitrogens with zero attached hydrogens (tertiary/aromatic N) is 2. The summed E-state index contributed by atoms with van der Waals surface area (Å²) in [6, 6.07) is 30.3. The molecule has 300 valence electrons. The number of benzene rings is 4. The van der Waals surface area contributed by atoms with Crippen molar-refractivity contribution in [3.63, 3.8) is 0 Å². The van der Waals surface area contributed by atoms with Crippen LogP contribution in [0.2, 0.25) is 0 Å². The van der Waals surface area contributed by atoms with Gasteiger partial charge >= 0.3 is 0 Å². The molecule has 3 N–H and O–H groups in total. The number of imide groups is 1. The number of aromatic hydroxyl groups is 1. The van der Waals surface area contributed by atoms with Crippen LogP contribution in [-0.2, 0) is 32.7 Å². The molecule has 4 aromatic carbocycles. The Labute approximate surface area is 339 Å². The summed E-state index contributed by atoms with van der Waals surface area (Å²) in [7, 11) is 0. The fourth-order valence-electron chi connectivity index (χ4n) is 11.1. The Morgan fingerprint density at radius 2 is 1.62 bits per heavy atom. The van der Waals surface area contributed by atoms with Gasteiger partial charge in [-0.1, -0.05) is 54.6 Å². The third kappa shape index (κ3) is 6.83. The number of carbonyl (C=O) groups excluding carboxylic acids is 3. The summed E-state index contributed by atoms with van der Waals surface area (Å²) < 4.78 is 12.8. The smallest absolute Gasteiger partial charge is 0.252 e. The van der Waals surface area contributed by atoms with Crippen LogP contribution in [0.5, 0.6) is 11.5 Å². The number of likely N-dealkylation sites (tertiary alicyclic amines) is 1. The minimum Gasteiger partial charge on any atom is -0.508 e. The van der Waals surface area contributed by atoms with Crippen LogP contribution < -0.4 is 20.3 Å². The third-order valence-electron chi connectivity index (χ3n) is 14.1. The van der Waals surface area contributed by atoms with Crippen molar-refractivity contribution in [2.45, 2.75) is 80.8 Å². The van der Waals surface area contributed by atoms with Crippen molar-refractivity contribution in [2.75, 3.05) is 50.8 Å². The minimum absolute atomic E-state index is 0.0207. The Balaban J connectivity index is 0.000000459. The van der Waals surface area contributed by atoms with E-state index in [0.29, 0.717) is 43.4 Å². The number of nitrogens with one attached hydrogen (secondary N) is 2. The zero-order valence-corrected chi connectivity index (χ0v) is 33.0. The third-order valence-corrected chi connectivity index (χ3v) is 14.1. The fourth-order valence-corrected chi connectivity index (χ4v) is 11.1. The lowest BCUT2D eigenvalue weighted by atomic mass is 9.69. The van der Waals surface area contributed by atoms with Gasteiger partial charge in [-0.3, -0.25) is 19.7 Å². The Kier molecular flexibility index (Phi) is 9.52. The van der Waals surface area contributed by atoms with Crippen molar-refractivity contribution < 1.29 is 29.0 Å². The van der Waals surface area contributed by atoms with Gasteiger partial charge in [-0.2, -0.15) is 0 Å². The predicted octanol–water partition coefficient (Wildman–Crippen LogP) is 6.33. The Morgan fingerprint density at radius 1 is 0.845 bits per heavy atom. The zero-order chi connectivity index (χ0) is 39.4. The molecule has 0 radical (unpaired) electrons. The summed E-state index contributed by atoms with van der Waals surface area (Å²) in [6.45, 7) is 7.35. The molecule has 3 atom stereocenters. The standard InChI is InChI=1S/C43H45N3O4.C5H7NO2/c47-33-11-13-35-31(20-33)8-12-34(29-4-2-1-3-5-29)39(35)30-6-9-32(10-7-30)46-25-43(26-46)21-28(24-50-43)23-45-18-16-42(17-19-45)27-49-40-37-22-44-41(48)36(37)14-15-38(40)42;7-4-2-1-3-5(8)6-4/h1-7,9-11,13-15,20,28,34,39,47H,8,12,16-19,21-27H2,(H,44,48);1-3H2,(H,6,7,8). The van der Waals surface area contributed by atoms with Crippen molar-refractivity contribution in [3.8, 4) is 11.5 Å². The number of rotatable bonds is 5. The van der Waals surface area contributed by atoms with Gasteiger partial charge in [-0.05, 0) is 116 Å². The summed E-state index contributed by atoms with van der Waals surface area (Å²) in [5, 5.41) is 15.4. The normalized spacial score (nSPS) is 25.1. The topological polar surface area (TPSA) is 120 Å². The number of fused-ring (bicyclic) bond motifs is 5. The van der Waals surface area contributed by atoms with Gasteiger partial charge in [0.15, 0.2) is 0 Å². The van der Waals surface area contributed by atoms with E-state index in [4.69, 9.17) is 9.47 Å². The lowest BCUT2D eigenvalue weighted by Gasteiger charge is -2.49. The molecular formula is C48H52N4O6. The van der Waals surface area contributed by atoms with Crippen molar-refractivity contribution in [1.82, 2.24) is 15.5 Å². The molecule has 1 aliphatic carbocycles. The Morgan fingerprint density at radius 3 is 2.36 bits per heavy atom. The molecule has 11 rings (SSSR count). The molecular weight excluding hydrogens is 729 g/mol. The van der Waals surface area contributed by atoms with Crippen LogP contribution in [0.1, 0.15) is 101 Å². The van der Waals surface area contributed by atoms with Crippen LogP contribution >= 0.6 is 0 Å². The van der Waals surface area contributed by atoms with E-state index < -0.39 is 0 Å². The number of aryl methyl sites for hydroxylation is 1. The van der Waals surface area contributed by atoms with Gasteiger partial charge in [-0.25, -0.2) is 0 Å². The van der Waals surface area contributed by atoms with E-state index in [-0.39, 0.29) is 34.7 Å². The summed E-state index contributed by atoms with van der Waals surface area (Å²) in [6.07, 6.45) is 7.12. The van der Waals surface area contributed by atoms with Crippen LogP contribution in [0.25, 0.3) is 0 Å². The maximum absolute atomic E-state index is 12.2. The summed E-state index contributed by atoms with van der Waals surface area (Å²) >= 11 is 0. The highest BCUT2D eigenvalue weighted by molar-refractivity contribution is 5.99. The molecule has 4 aromatic rings. The monoisotopic (exact) mass is 780 g/mol. The van der Waals surface area contributed by atoms with E-state index in [1.54, 1.807) is 0 Å². The first-order valence-electron chi connectivity index (χ1n) is 21.2. The summed E-state index contributed by atoms with van der Waals surface area (Å²) in [4.78, 5) is 38.0. The van der Waals surface area contributed by atoms with Gasteiger partial charge in [0.25, 0.3) is 5.91 Å². The van der Waals surface area contributed by atoms with Gasteiger partial charge in [0.05, 0.1) is 13.2 Å². The van der Waals surface area contributed by atoms with Crippen LogP contribution in [-0.4, -0.2) is 79.3 Å². The van der Waals surface area contributed by atoms with Gasteiger partial charge in [-0.15, -0.1) is 0 Å². The quantitative estimate of drug-likeness (QED) is 0.201. The van der Waals surface area contributed by atoms with Gasteiger partial charge in [0.1, 0.15) is 17.1 Å². The summed E-state index contributed by atoms with van der Waals surface area (Å²) in [5.74, 6) is 2.32. The van der Waals surface area contributed by atoms with Crippen LogP contribution in [0, 0.1) is 5.92 Å². The first-order valence-corrected chi connectivity index (χ1v) is 21.2. The molecule has 58 heavy (non-hydrogen) atoms. The van der Waals surface area contributed by atoms with Crippen molar-refractivity contribution in [1.29, 1.82) is 0 Å². The largest absolute Gasteiger partial charge is 0.508 e. The van der Waals surface area contributed by atoms with Gasteiger partial charge in [0, 0.05) is 72.7 Å². The molecule has 6 aliphatic heterocycles. The molecule has 0 aromatic heterocycles. The first-order chi connectivity index (χ1) is 28.2. The number of hydrogen-bond donors (Lipinski definition) is 3. The molecule has 0 saturated carbocycles. The molecule has 4 fully saturated rings. The lowest BCUT2D eigenvalue weighted by Crippen LogP contribution is -2.61.